The topological polar surface area (TPSA) is 84.7 Å². The average Bonchev–Trinajstić information content (AvgIpc) is 2.27. The first-order valence-electron chi connectivity index (χ1n) is 6.28. The van der Waals surface area contributed by atoms with Gasteiger partial charge in [-0.15, -0.1) is 0 Å². The van der Waals surface area contributed by atoms with Crippen molar-refractivity contribution in [2.45, 2.75) is 39.5 Å². The van der Waals surface area contributed by atoms with Gasteiger partial charge in [-0.1, -0.05) is 19.8 Å². The van der Waals surface area contributed by atoms with Gasteiger partial charge in [-0.2, -0.15) is 4.98 Å². The Balaban J connectivity index is 2.54. The van der Waals surface area contributed by atoms with Crippen LogP contribution in [-0.2, 0) is 6.42 Å². The number of nitrogens with two attached hydrogens (primary N) is 1. The van der Waals surface area contributed by atoms with Crippen molar-refractivity contribution in [2.75, 3.05) is 5.73 Å². The molecule has 96 valence electrons. The maximum Gasteiger partial charge on any atom is 0.262 e. The van der Waals surface area contributed by atoms with Crippen molar-refractivity contribution in [1.29, 1.82) is 0 Å². The maximum atomic E-state index is 11.9. The maximum absolute atomic E-state index is 11.9. The van der Waals surface area contributed by atoms with Gasteiger partial charge in [0.05, 0.1) is 5.39 Å². The number of nitrogen functional groups attached to an aromatic ring is 1. The van der Waals surface area contributed by atoms with E-state index in [0.29, 0.717) is 11.0 Å². The molecule has 0 amide bonds. The third-order valence-electron chi connectivity index (χ3n) is 2.95. The molecule has 0 aliphatic heterocycles. The summed E-state index contributed by atoms with van der Waals surface area (Å²) in [6, 6.07) is 1.96. The normalized spacial score (nSPS) is 11.0. The van der Waals surface area contributed by atoms with Crippen molar-refractivity contribution in [3.8, 4) is 0 Å². The van der Waals surface area contributed by atoms with E-state index in [4.69, 9.17) is 5.73 Å². The predicted molar refractivity (Wildman–Crippen MR) is 72.5 cm³/mol. The monoisotopic (exact) mass is 246 g/mol. The molecular weight excluding hydrogens is 228 g/mol. The lowest BCUT2D eigenvalue weighted by molar-refractivity contribution is 0.718. The second-order valence-corrected chi connectivity index (χ2v) is 4.53. The van der Waals surface area contributed by atoms with Crippen LogP contribution in [-0.4, -0.2) is 15.0 Å². The third-order valence-corrected chi connectivity index (χ3v) is 2.95. The molecule has 5 nitrogen and oxygen atoms in total. The molecule has 0 unspecified atom stereocenters. The fourth-order valence-electron chi connectivity index (χ4n) is 2.13. The Morgan fingerprint density at radius 2 is 2.11 bits per heavy atom. The van der Waals surface area contributed by atoms with Crippen molar-refractivity contribution < 1.29 is 0 Å². The van der Waals surface area contributed by atoms with Crippen LogP contribution in [0.1, 0.15) is 37.4 Å². The van der Waals surface area contributed by atoms with E-state index in [0.717, 1.165) is 36.9 Å². The lowest BCUT2D eigenvalue weighted by atomic mass is 10.0. The lowest BCUT2D eigenvalue weighted by Gasteiger charge is -2.06. The van der Waals surface area contributed by atoms with Crippen LogP contribution < -0.4 is 11.3 Å². The Morgan fingerprint density at radius 1 is 1.33 bits per heavy atom. The fraction of sp³-hybridized carbons (Fsp3) is 0.462. The summed E-state index contributed by atoms with van der Waals surface area (Å²) in [6.07, 6.45) is 4.26. The van der Waals surface area contributed by atoms with Crippen LogP contribution >= 0.6 is 0 Å². The quantitative estimate of drug-likeness (QED) is 0.807. The molecule has 2 heterocycles. The van der Waals surface area contributed by atoms with Gasteiger partial charge in [-0.25, -0.2) is 4.98 Å². The molecular formula is C13H18N4O. The summed E-state index contributed by atoms with van der Waals surface area (Å²) in [5.74, 6) is 0.116. The first kappa shape index (κ1) is 12.5. The van der Waals surface area contributed by atoms with Gasteiger partial charge in [0, 0.05) is 5.69 Å². The second kappa shape index (κ2) is 5.16. The number of nitrogens with zero attached hydrogens (tertiary/aromatic N) is 2. The van der Waals surface area contributed by atoms with Crippen LogP contribution in [0.2, 0.25) is 0 Å². The Kier molecular flexibility index (Phi) is 3.60. The van der Waals surface area contributed by atoms with E-state index >= 15 is 0 Å². The van der Waals surface area contributed by atoms with E-state index in [1.165, 1.54) is 0 Å². The van der Waals surface area contributed by atoms with Crippen LogP contribution in [0.5, 0.6) is 0 Å². The van der Waals surface area contributed by atoms with Gasteiger partial charge in [-0.05, 0) is 31.4 Å². The predicted octanol–water partition coefficient (Wildman–Crippen LogP) is 1.94. The Morgan fingerprint density at radius 3 is 2.83 bits per heavy atom. The molecule has 5 heteroatoms. The molecule has 2 aromatic heterocycles. The summed E-state index contributed by atoms with van der Waals surface area (Å²) in [7, 11) is 0. The summed E-state index contributed by atoms with van der Waals surface area (Å²) in [4.78, 5) is 22.9. The molecule has 0 radical (unpaired) electrons. The van der Waals surface area contributed by atoms with Gasteiger partial charge in [0.2, 0.25) is 5.95 Å². The average molecular weight is 246 g/mol. The molecule has 2 aromatic rings. The molecule has 3 N–H and O–H groups in total. The summed E-state index contributed by atoms with van der Waals surface area (Å²) < 4.78 is 0. The fourth-order valence-corrected chi connectivity index (χ4v) is 2.13. The van der Waals surface area contributed by atoms with Gasteiger partial charge in [0.25, 0.3) is 5.56 Å². The molecule has 0 aliphatic carbocycles. The number of unbranched alkanes of at least 4 members (excludes halogenated alkanes) is 2. The highest BCUT2D eigenvalue weighted by atomic mass is 16.1. The first-order valence-corrected chi connectivity index (χ1v) is 6.28. The van der Waals surface area contributed by atoms with Crippen molar-refractivity contribution >= 4 is 17.0 Å². The highest BCUT2D eigenvalue weighted by Crippen LogP contribution is 2.16. The van der Waals surface area contributed by atoms with E-state index in [1.807, 2.05) is 13.0 Å². The minimum atomic E-state index is -0.198. The number of fused-ring (bicyclic) bond motifs is 1. The number of pyridine rings is 1. The zero-order valence-electron chi connectivity index (χ0n) is 10.8. The van der Waals surface area contributed by atoms with Crippen LogP contribution in [0, 0.1) is 6.92 Å². The SMILES string of the molecule is CCCCCc1cc(C)nc2nc(N)[nH]c(=O)c12. The molecule has 0 saturated heterocycles. The minimum absolute atomic E-state index is 0.116. The van der Waals surface area contributed by atoms with Crippen LogP contribution in [0.25, 0.3) is 11.0 Å². The number of aromatic amines is 1. The van der Waals surface area contributed by atoms with E-state index in [-0.39, 0.29) is 11.5 Å². The van der Waals surface area contributed by atoms with E-state index in [2.05, 4.69) is 21.9 Å². The number of nitrogens with one attached hydrogen (secondary N) is 1. The molecule has 0 aliphatic rings. The molecule has 0 atom stereocenters. The summed E-state index contributed by atoms with van der Waals surface area (Å²) in [5.41, 5.74) is 7.67. The molecule has 0 fully saturated rings. The van der Waals surface area contributed by atoms with Crippen LogP contribution in [0.4, 0.5) is 5.95 Å². The lowest BCUT2D eigenvalue weighted by Crippen LogP contribution is -2.14. The van der Waals surface area contributed by atoms with E-state index < -0.39 is 0 Å². The van der Waals surface area contributed by atoms with Gasteiger partial charge >= 0.3 is 0 Å². The highest BCUT2D eigenvalue weighted by Gasteiger charge is 2.10. The second-order valence-electron chi connectivity index (χ2n) is 4.53. The van der Waals surface area contributed by atoms with Crippen molar-refractivity contribution in [2.24, 2.45) is 0 Å². The molecule has 0 saturated carbocycles. The van der Waals surface area contributed by atoms with Crippen molar-refractivity contribution in [3.63, 3.8) is 0 Å². The smallest absolute Gasteiger partial charge is 0.262 e. The van der Waals surface area contributed by atoms with Gasteiger partial charge in [0.1, 0.15) is 0 Å². The highest BCUT2D eigenvalue weighted by molar-refractivity contribution is 5.78. The molecule has 2 rings (SSSR count). The van der Waals surface area contributed by atoms with Crippen LogP contribution in [0.15, 0.2) is 10.9 Å². The number of aryl methyl sites for hydroxylation is 2. The molecule has 18 heavy (non-hydrogen) atoms. The number of aromatic nitrogens is 3. The van der Waals surface area contributed by atoms with Crippen molar-refractivity contribution in [3.05, 3.63) is 27.7 Å². The summed E-state index contributed by atoms with van der Waals surface area (Å²) >= 11 is 0. The third kappa shape index (κ3) is 2.50. The summed E-state index contributed by atoms with van der Waals surface area (Å²) in [6.45, 7) is 4.06. The zero-order valence-corrected chi connectivity index (χ0v) is 10.8. The van der Waals surface area contributed by atoms with Crippen molar-refractivity contribution in [1.82, 2.24) is 15.0 Å². The van der Waals surface area contributed by atoms with Crippen LogP contribution in [0.3, 0.4) is 0 Å². The first-order chi connectivity index (χ1) is 8.61. The number of rotatable bonds is 4. The number of hydrogen-bond acceptors (Lipinski definition) is 4. The van der Waals surface area contributed by atoms with Gasteiger partial charge in [-0.3, -0.25) is 9.78 Å². The standard InChI is InChI=1S/C13H18N4O/c1-3-4-5-6-9-7-8(2)15-11-10(9)12(18)17-13(14)16-11/h7H,3-6H2,1-2H3,(H3,14,15,16,17,18). The Labute approximate surface area is 105 Å². The number of H-pyrrole nitrogens is 1. The molecule has 0 bridgehead atoms. The Bertz CT molecular complexity index is 613. The minimum Gasteiger partial charge on any atom is -0.369 e. The van der Waals surface area contributed by atoms with E-state index in [1.54, 1.807) is 0 Å². The number of anilines is 1. The molecule has 0 aromatic carbocycles. The Hall–Kier alpha value is -1.91. The molecule has 0 spiro atoms. The largest absolute Gasteiger partial charge is 0.369 e. The van der Waals surface area contributed by atoms with Gasteiger partial charge < -0.3 is 5.73 Å². The summed E-state index contributed by atoms with van der Waals surface area (Å²) in [5, 5.41) is 0.575. The number of hydrogen-bond donors (Lipinski definition) is 2. The van der Waals surface area contributed by atoms with E-state index in [9.17, 15) is 4.79 Å². The van der Waals surface area contributed by atoms with Gasteiger partial charge in [0.15, 0.2) is 5.65 Å². The zero-order chi connectivity index (χ0) is 13.1.